The first-order valence-electron chi connectivity index (χ1n) is 8.85. The minimum atomic E-state index is -1.15. The molecule has 0 bridgehead atoms. The molecule has 0 radical (unpaired) electrons. The van der Waals surface area contributed by atoms with Gasteiger partial charge in [0.25, 0.3) is 11.1 Å². The molecule has 158 valence electrons. The molecule has 0 aliphatic rings. The molecule has 2 aromatic heterocycles. The number of rotatable bonds is 3. The molecule has 3 rings (SSSR count). The van der Waals surface area contributed by atoms with E-state index in [1.165, 1.54) is 40.3 Å². The van der Waals surface area contributed by atoms with Crippen LogP contribution in [0.4, 0.5) is 16.0 Å². The van der Waals surface area contributed by atoms with Crippen LogP contribution in [0, 0.1) is 5.82 Å². The Balaban J connectivity index is 2.57. The van der Waals surface area contributed by atoms with Crippen LogP contribution in [0.3, 0.4) is 0 Å². The van der Waals surface area contributed by atoms with Crippen molar-refractivity contribution in [2.24, 2.45) is 28.2 Å². The number of nitrogens with zero attached hydrogens (tertiary/aromatic N) is 4. The summed E-state index contributed by atoms with van der Waals surface area (Å²) in [4.78, 5) is 50.6. The van der Waals surface area contributed by atoms with Crippen molar-refractivity contribution in [3.63, 3.8) is 0 Å². The maximum absolute atomic E-state index is 13.6. The van der Waals surface area contributed by atoms with E-state index in [9.17, 15) is 23.6 Å². The zero-order valence-corrected chi connectivity index (χ0v) is 16.8. The fraction of sp³-hybridized carbons (Fsp3) is 0.263. The largest absolute Gasteiger partial charge is 0.385 e. The standard InChI is InChI=1S/C19H21FN6O4/c1-23-14(21)12(16(27)25(3)18(23)29)11(9-5-7-10(20)8-6-9)13-15(22)24(2)19(30)26(4)17(13)28/h5-8,11H,21-22H2,1-4H3. The highest BCUT2D eigenvalue weighted by atomic mass is 19.1. The third kappa shape index (κ3) is 2.95. The van der Waals surface area contributed by atoms with Crippen molar-refractivity contribution in [2.75, 3.05) is 11.5 Å². The van der Waals surface area contributed by atoms with Crippen molar-refractivity contribution in [1.29, 1.82) is 0 Å². The third-order valence-corrected chi connectivity index (χ3v) is 5.27. The van der Waals surface area contributed by atoms with Crippen LogP contribution in [0.25, 0.3) is 0 Å². The molecule has 11 heteroatoms. The molecule has 0 fully saturated rings. The molecule has 0 amide bonds. The van der Waals surface area contributed by atoms with Gasteiger partial charge in [0.1, 0.15) is 17.5 Å². The summed E-state index contributed by atoms with van der Waals surface area (Å²) in [5.41, 5.74) is 9.62. The van der Waals surface area contributed by atoms with Gasteiger partial charge in [-0.05, 0) is 17.7 Å². The Morgan fingerprint density at radius 1 is 0.700 bits per heavy atom. The SMILES string of the molecule is Cn1c(N)c(C(c2ccc(F)cc2)c2c(N)n(C)c(=O)n(C)c2=O)c(=O)n(C)c1=O. The lowest BCUT2D eigenvalue weighted by atomic mass is 9.86. The monoisotopic (exact) mass is 416 g/mol. The predicted octanol–water partition coefficient (Wildman–Crippen LogP) is -1.03. The molecular weight excluding hydrogens is 395 g/mol. The summed E-state index contributed by atoms with van der Waals surface area (Å²) in [6, 6.07) is 5.09. The maximum Gasteiger partial charge on any atom is 0.332 e. The smallest absolute Gasteiger partial charge is 0.332 e. The lowest BCUT2D eigenvalue weighted by Gasteiger charge is -2.23. The van der Waals surface area contributed by atoms with E-state index in [1.54, 1.807) is 0 Å². The first kappa shape index (κ1) is 20.8. The highest BCUT2D eigenvalue weighted by molar-refractivity contribution is 5.56. The van der Waals surface area contributed by atoms with E-state index in [2.05, 4.69) is 0 Å². The fourth-order valence-corrected chi connectivity index (χ4v) is 3.45. The summed E-state index contributed by atoms with van der Waals surface area (Å²) in [6.45, 7) is 0. The molecule has 30 heavy (non-hydrogen) atoms. The van der Waals surface area contributed by atoms with Gasteiger partial charge in [0.05, 0.1) is 17.0 Å². The third-order valence-electron chi connectivity index (χ3n) is 5.27. The van der Waals surface area contributed by atoms with E-state index in [1.807, 2.05) is 0 Å². The molecule has 1 aromatic carbocycles. The van der Waals surface area contributed by atoms with Gasteiger partial charge in [0.2, 0.25) is 0 Å². The fourth-order valence-electron chi connectivity index (χ4n) is 3.45. The highest BCUT2D eigenvalue weighted by Gasteiger charge is 2.31. The van der Waals surface area contributed by atoms with Crippen molar-refractivity contribution in [3.05, 3.63) is 88.4 Å². The van der Waals surface area contributed by atoms with E-state index in [0.29, 0.717) is 5.56 Å². The number of aromatic nitrogens is 4. The summed E-state index contributed by atoms with van der Waals surface area (Å²) >= 11 is 0. The molecule has 3 aromatic rings. The minimum absolute atomic E-state index is 0.0892. The van der Waals surface area contributed by atoms with Crippen molar-refractivity contribution < 1.29 is 4.39 Å². The van der Waals surface area contributed by atoms with Crippen LogP contribution >= 0.6 is 0 Å². The topological polar surface area (TPSA) is 140 Å². The Hall–Kier alpha value is -3.89. The molecule has 10 nitrogen and oxygen atoms in total. The molecule has 0 saturated carbocycles. The molecular formula is C19H21FN6O4. The second kappa shape index (κ2) is 7.17. The Morgan fingerprint density at radius 2 is 1.07 bits per heavy atom. The van der Waals surface area contributed by atoms with E-state index in [-0.39, 0.29) is 22.8 Å². The second-order valence-electron chi connectivity index (χ2n) is 6.99. The molecule has 2 heterocycles. The molecule has 0 aliphatic heterocycles. The lowest BCUT2D eigenvalue weighted by Crippen LogP contribution is -2.44. The number of hydrogen-bond donors (Lipinski definition) is 2. The number of halogens is 1. The summed E-state index contributed by atoms with van der Waals surface area (Å²) in [7, 11) is 5.31. The Labute approximate surface area is 169 Å². The number of benzene rings is 1. The minimum Gasteiger partial charge on any atom is -0.385 e. The van der Waals surface area contributed by atoms with Crippen LogP contribution in [0.1, 0.15) is 22.6 Å². The summed E-state index contributed by atoms with van der Waals surface area (Å²) in [5.74, 6) is -2.03. The Kier molecular flexibility index (Phi) is 4.98. The van der Waals surface area contributed by atoms with Crippen molar-refractivity contribution in [3.8, 4) is 0 Å². The normalized spacial score (nSPS) is 11.3. The van der Waals surface area contributed by atoms with Crippen molar-refractivity contribution in [1.82, 2.24) is 18.3 Å². The molecule has 0 aliphatic carbocycles. The van der Waals surface area contributed by atoms with Gasteiger partial charge in [-0.3, -0.25) is 27.9 Å². The second-order valence-corrected chi connectivity index (χ2v) is 6.99. The van der Waals surface area contributed by atoms with Gasteiger partial charge < -0.3 is 11.5 Å². The molecule has 0 saturated heterocycles. The lowest BCUT2D eigenvalue weighted by molar-refractivity contribution is 0.625. The van der Waals surface area contributed by atoms with Gasteiger partial charge in [-0.2, -0.15) is 0 Å². The Bertz CT molecular complexity index is 1310. The van der Waals surface area contributed by atoms with E-state index >= 15 is 0 Å². The first-order chi connectivity index (χ1) is 14.0. The van der Waals surface area contributed by atoms with Crippen LogP contribution in [-0.4, -0.2) is 18.3 Å². The van der Waals surface area contributed by atoms with Crippen LogP contribution in [0.5, 0.6) is 0 Å². The zero-order valence-electron chi connectivity index (χ0n) is 16.8. The molecule has 0 atom stereocenters. The average Bonchev–Trinajstić information content (AvgIpc) is 2.73. The molecule has 0 unspecified atom stereocenters. The van der Waals surface area contributed by atoms with Gasteiger partial charge in [0.15, 0.2) is 0 Å². The van der Waals surface area contributed by atoms with Crippen LogP contribution in [0.15, 0.2) is 43.4 Å². The number of nitrogen functional groups attached to an aromatic ring is 2. The zero-order chi connectivity index (χ0) is 22.5. The van der Waals surface area contributed by atoms with Gasteiger partial charge in [-0.1, -0.05) is 12.1 Å². The molecule has 4 N–H and O–H groups in total. The van der Waals surface area contributed by atoms with Crippen molar-refractivity contribution in [2.45, 2.75) is 5.92 Å². The van der Waals surface area contributed by atoms with Crippen LogP contribution in [-0.2, 0) is 28.2 Å². The summed E-state index contributed by atoms with van der Waals surface area (Å²) < 4.78 is 17.4. The van der Waals surface area contributed by atoms with Crippen molar-refractivity contribution >= 4 is 11.6 Å². The van der Waals surface area contributed by atoms with Gasteiger partial charge in [0, 0.05) is 28.2 Å². The van der Waals surface area contributed by atoms with Gasteiger partial charge in [-0.25, -0.2) is 14.0 Å². The van der Waals surface area contributed by atoms with E-state index in [0.717, 1.165) is 30.4 Å². The van der Waals surface area contributed by atoms with Crippen LogP contribution < -0.4 is 34.0 Å². The number of anilines is 2. The number of nitrogens with two attached hydrogens (primary N) is 2. The summed E-state index contributed by atoms with van der Waals surface area (Å²) in [6.07, 6.45) is 0. The summed E-state index contributed by atoms with van der Waals surface area (Å²) in [5, 5.41) is 0. The highest BCUT2D eigenvalue weighted by Crippen LogP contribution is 2.33. The quantitative estimate of drug-likeness (QED) is 0.559. The maximum atomic E-state index is 13.6. The Morgan fingerprint density at radius 3 is 1.43 bits per heavy atom. The van der Waals surface area contributed by atoms with E-state index in [4.69, 9.17) is 11.5 Å². The number of hydrogen-bond acceptors (Lipinski definition) is 6. The van der Waals surface area contributed by atoms with E-state index < -0.39 is 34.2 Å². The van der Waals surface area contributed by atoms with Crippen LogP contribution in [0.2, 0.25) is 0 Å². The average molecular weight is 416 g/mol. The first-order valence-corrected chi connectivity index (χ1v) is 8.85. The predicted molar refractivity (Wildman–Crippen MR) is 110 cm³/mol. The van der Waals surface area contributed by atoms with Gasteiger partial charge in [-0.15, -0.1) is 0 Å². The molecule has 0 spiro atoms. The van der Waals surface area contributed by atoms with Gasteiger partial charge >= 0.3 is 11.4 Å².